The fourth-order valence-corrected chi connectivity index (χ4v) is 2.86. The number of aromatic nitrogens is 2. The summed E-state index contributed by atoms with van der Waals surface area (Å²) in [6.45, 7) is 9.28. The van der Waals surface area contributed by atoms with Crippen LogP contribution in [0.2, 0.25) is 0 Å². The summed E-state index contributed by atoms with van der Waals surface area (Å²) in [6.07, 6.45) is -1.91. The van der Waals surface area contributed by atoms with Gasteiger partial charge in [-0.05, 0) is 58.4 Å². The molecule has 0 bridgehead atoms. The minimum Gasteiger partial charge on any atom is -0.598 e. The number of rotatable bonds is 5. The summed E-state index contributed by atoms with van der Waals surface area (Å²) in [5.41, 5.74) is 0.534. The number of alkyl halides is 3. The third-order valence-electron chi connectivity index (χ3n) is 3.63. The number of nitrogens with zero attached hydrogens (tertiary/aromatic N) is 2. The molecule has 0 spiro atoms. The van der Waals surface area contributed by atoms with Gasteiger partial charge in [0, 0.05) is 23.1 Å². The van der Waals surface area contributed by atoms with Crippen molar-refractivity contribution in [3.05, 3.63) is 47.4 Å². The summed E-state index contributed by atoms with van der Waals surface area (Å²) < 4.78 is 58.0. The normalized spacial score (nSPS) is 14.7. The van der Waals surface area contributed by atoms with Crippen molar-refractivity contribution in [3.63, 3.8) is 0 Å². The molecule has 0 aliphatic heterocycles. The van der Waals surface area contributed by atoms with E-state index in [1.165, 1.54) is 6.07 Å². The first-order valence-electron chi connectivity index (χ1n) is 8.23. The highest BCUT2D eigenvalue weighted by Gasteiger charge is 2.32. The molecule has 2 rings (SSSR count). The van der Waals surface area contributed by atoms with Crippen LogP contribution in [-0.4, -0.2) is 19.3 Å². The predicted octanol–water partition coefficient (Wildman–Crippen LogP) is 4.71. The zero-order valence-corrected chi connectivity index (χ0v) is 16.5. The van der Waals surface area contributed by atoms with Gasteiger partial charge in [-0.2, -0.15) is 13.2 Å². The van der Waals surface area contributed by atoms with Crippen LogP contribution in [-0.2, 0) is 17.5 Å². The van der Waals surface area contributed by atoms with Gasteiger partial charge in [0.25, 0.3) is 0 Å². The number of nitrogens with one attached hydrogen (secondary N) is 1. The highest BCUT2D eigenvalue weighted by atomic mass is 32.2. The van der Waals surface area contributed by atoms with E-state index >= 15 is 0 Å². The summed E-state index contributed by atoms with van der Waals surface area (Å²) in [7, 11) is 0. The Balaban J connectivity index is 2.10. The number of hydrogen-bond acceptors (Lipinski definition) is 5. The van der Waals surface area contributed by atoms with Crippen LogP contribution in [0.25, 0.3) is 0 Å². The summed E-state index contributed by atoms with van der Waals surface area (Å²) in [5.74, 6) is 0.427. The van der Waals surface area contributed by atoms with Crippen molar-refractivity contribution >= 4 is 11.4 Å². The summed E-state index contributed by atoms with van der Waals surface area (Å²) in [4.78, 5) is 7.58. The topological polar surface area (TPSA) is 70.1 Å². The molecule has 2 aromatic rings. The lowest BCUT2D eigenvalue weighted by atomic mass is 10.1. The second-order valence-corrected chi connectivity index (χ2v) is 9.09. The van der Waals surface area contributed by atoms with Gasteiger partial charge in [-0.25, -0.2) is 9.97 Å². The van der Waals surface area contributed by atoms with E-state index in [9.17, 15) is 17.7 Å². The van der Waals surface area contributed by atoms with Gasteiger partial charge in [0.1, 0.15) is 16.2 Å². The van der Waals surface area contributed by atoms with Crippen molar-refractivity contribution < 1.29 is 22.5 Å². The van der Waals surface area contributed by atoms with E-state index in [1.54, 1.807) is 13.1 Å². The van der Waals surface area contributed by atoms with Gasteiger partial charge in [0.2, 0.25) is 5.88 Å². The zero-order chi connectivity index (χ0) is 20.4. The monoisotopic (exact) mass is 401 g/mol. The van der Waals surface area contributed by atoms with Gasteiger partial charge in [0.05, 0.1) is 12.2 Å². The maximum atomic E-state index is 12.6. The van der Waals surface area contributed by atoms with Crippen molar-refractivity contribution in [2.24, 2.45) is 0 Å². The summed E-state index contributed by atoms with van der Waals surface area (Å²) in [5, 5.41) is 0. The van der Waals surface area contributed by atoms with Gasteiger partial charge in [-0.15, -0.1) is 4.72 Å². The van der Waals surface area contributed by atoms with E-state index in [2.05, 4.69) is 14.7 Å². The van der Waals surface area contributed by atoms with Crippen molar-refractivity contribution in [2.45, 2.75) is 51.6 Å². The molecule has 0 saturated heterocycles. The van der Waals surface area contributed by atoms with Crippen LogP contribution < -0.4 is 9.46 Å². The fraction of sp³-hybridized carbons (Fsp3) is 0.444. The zero-order valence-electron chi connectivity index (χ0n) is 15.7. The molecule has 9 heteroatoms. The standard InChI is InChI=1S/C18H22F3N3O2S/c1-11-8-13(12(2)24-27(25)17(3,4)5)9-23-16(11)26-14-6-7-15(22-10-14)18(19,20)21/h6-10,12,24H,1-5H3/t12?,27-/m1/s1. The highest BCUT2D eigenvalue weighted by molar-refractivity contribution is 7.90. The lowest BCUT2D eigenvalue weighted by Crippen LogP contribution is -2.40. The summed E-state index contributed by atoms with van der Waals surface area (Å²) >= 11 is -1.23. The Morgan fingerprint density at radius 1 is 1.15 bits per heavy atom. The van der Waals surface area contributed by atoms with Crippen LogP contribution in [0.5, 0.6) is 11.6 Å². The Morgan fingerprint density at radius 3 is 2.30 bits per heavy atom. The lowest BCUT2D eigenvalue weighted by molar-refractivity contribution is -0.141. The molecule has 2 atom stereocenters. The first kappa shape index (κ1) is 21.5. The van der Waals surface area contributed by atoms with Crippen LogP contribution in [0.15, 0.2) is 30.6 Å². The van der Waals surface area contributed by atoms with Gasteiger partial charge < -0.3 is 9.29 Å². The quantitative estimate of drug-likeness (QED) is 0.735. The number of ether oxygens (including phenoxy) is 1. The van der Waals surface area contributed by atoms with Gasteiger partial charge in [-0.1, -0.05) is 0 Å². The second kappa shape index (κ2) is 8.04. The van der Waals surface area contributed by atoms with Gasteiger partial charge in [-0.3, -0.25) is 0 Å². The SMILES string of the molecule is Cc1cc(C(C)N[S@+]([O-])C(C)(C)C)cnc1Oc1ccc(C(F)(F)F)nc1. The van der Waals surface area contributed by atoms with Gasteiger partial charge in [0.15, 0.2) is 0 Å². The van der Waals surface area contributed by atoms with Crippen molar-refractivity contribution in [1.82, 2.24) is 14.7 Å². The van der Waals surface area contributed by atoms with E-state index in [4.69, 9.17) is 4.74 Å². The first-order valence-corrected chi connectivity index (χ1v) is 9.38. The number of aryl methyl sites for hydroxylation is 1. The summed E-state index contributed by atoms with van der Waals surface area (Å²) in [6, 6.07) is 3.68. The Kier molecular flexibility index (Phi) is 6.39. The van der Waals surface area contributed by atoms with Crippen molar-refractivity contribution in [2.75, 3.05) is 0 Å². The van der Waals surface area contributed by atoms with E-state index in [0.717, 1.165) is 17.8 Å². The Labute approximate surface area is 159 Å². The van der Waals surface area contributed by atoms with E-state index in [-0.39, 0.29) is 17.7 Å². The minimum atomic E-state index is -4.50. The first-order chi connectivity index (χ1) is 12.4. The number of halogens is 3. The molecule has 0 aliphatic carbocycles. The van der Waals surface area contributed by atoms with Crippen LogP contribution in [0, 0.1) is 6.92 Å². The molecular formula is C18H22F3N3O2S. The highest BCUT2D eigenvalue weighted by Crippen LogP contribution is 2.30. The molecule has 5 nitrogen and oxygen atoms in total. The average molecular weight is 401 g/mol. The molecule has 27 heavy (non-hydrogen) atoms. The molecule has 148 valence electrons. The lowest BCUT2D eigenvalue weighted by Gasteiger charge is -2.26. The number of pyridine rings is 2. The minimum absolute atomic E-state index is 0.159. The predicted molar refractivity (Wildman–Crippen MR) is 97.7 cm³/mol. The largest absolute Gasteiger partial charge is 0.598 e. The Bertz CT molecular complexity index is 777. The third-order valence-corrected chi connectivity index (χ3v) is 5.31. The molecule has 0 radical (unpaired) electrons. The number of hydrogen-bond donors (Lipinski definition) is 1. The van der Waals surface area contributed by atoms with Crippen molar-refractivity contribution in [3.8, 4) is 11.6 Å². The molecule has 0 aliphatic rings. The smallest absolute Gasteiger partial charge is 0.433 e. The second-order valence-electron chi connectivity index (χ2n) is 7.09. The molecule has 2 heterocycles. The van der Waals surface area contributed by atoms with Crippen molar-refractivity contribution in [1.29, 1.82) is 0 Å². The molecule has 0 fully saturated rings. The van der Waals surface area contributed by atoms with Crippen LogP contribution in [0.3, 0.4) is 0 Å². The molecule has 2 aromatic heterocycles. The van der Waals surface area contributed by atoms with Gasteiger partial charge >= 0.3 is 6.18 Å². The van der Waals surface area contributed by atoms with Crippen LogP contribution in [0.1, 0.15) is 50.6 Å². The molecule has 1 N–H and O–H groups in total. The molecule has 1 unspecified atom stereocenters. The molecule has 0 saturated carbocycles. The van der Waals surface area contributed by atoms with E-state index in [0.29, 0.717) is 5.56 Å². The Morgan fingerprint density at radius 2 is 1.81 bits per heavy atom. The van der Waals surface area contributed by atoms with E-state index < -0.39 is 28.0 Å². The maximum Gasteiger partial charge on any atom is 0.433 e. The average Bonchev–Trinajstić information content (AvgIpc) is 2.55. The molecular weight excluding hydrogens is 379 g/mol. The Hall–Kier alpha value is -1.84. The maximum absolute atomic E-state index is 12.6. The molecule has 0 amide bonds. The van der Waals surface area contributed by atoms with Crippen LogP contribution >= 0.6 is 0 Å². The fourth-order valence-electron chi connectivity index (χ4n) is 2.05. The third kappa shape index (κ3) is 5.82. The molecule has 0 aromatic carbocycles. The van der Waals surface area contributed by atoms with E-state index in [1.807, 2.05) is 33.8 Å². The van der Waals surface area contributed by atoms with Crippen LogP contribution in [0.4, 0.5) is 13.2 Å².